The average Bonchev–Trinajstić information content (AvgIpc) is 2.90. The van der Waals surface area contributed by atoms with Gasteiger partial charge in [-0.05, 0) is 32.9 Å². The summed E-state index contributed by atoms with van der Waals surface area (Å²) in [6.45, 7) is 11.7. The molecule has 0 aliphatic rings. The highest BCUT2D eigenvalue weighted by atomic mass is 19.1. The van der Waals surface area contributed by atoms with Crippen LogP contribution in [0.25, 0.3) is 0 Å². The van der Waals surface area contributed by atoms with Crippen molar-refractivity contribution in [3.8, 4) is 6.07 Å². The van der Waals surface area contributed by atoms with Gasteiger partial charge >= 0.3 is 0 Å². The molecule has 0 aliphatic heterocycles. The zero-order valence-electron chi connectivity index (χ0n) is 15.7. The van der Waals surface area contributed by atoms with Crippen LogP contribution in [0.4, 0.5) is 14.6 Å². The third-order valence-corrected chi connectivity index (χ3v) is 3.75. The van der Waals surface area contributed by atoms with Gasteiger partial charge in [0.25, 0.3) is 5.91 Å². The summed E-state index contributed by atoms with van der Waals surface area (Å²) in [5, 5.41) is 15.8. The first-order valence-electron chi connectivity index (χ1n) is 8.16. The first-order valence-corrected chi connectivity index (χ1v) is 8.16. The Balaban J connectivity index is 2.47. The molecule has 0 aliphatic carbocycles. The first-order chi connectivity index (χ1) is 11.8. The number of halogens is 2. The molecule has 0 saturated carbocycles. The van der Waals surface area contributed by atoms with Crippen LogP contribution in [0.5, 0.6) is 0 Å². The number of benzene rings is 1. The van der Waals surface area contributed by atoms with Gasteiger partial charge in [0.2, 0.25) is 0 Å². The van der Waals surface area contributed by atoms with Crippen molar-refractivity contribution in [1.82, 2.24) is 9.78 Å². The van der Waals surface area contributed by atoms with Crippen LogP contribution in [0, 0.1) is 23.0 Å². The topological polar surface area (TPSA) is 70.7 Å². The molecule has 1 amide bonds. The van der Waals surface area contributed by atoms with Crippen LogP contribution in [-0.4, -0.2) is 15.7 Å². The number of amides is 1. The SMILES string of the molecule is CC(C)(C)c1cc(NC(=O)c2c(F)cc(C#N)cc2F)n(C(C)(C)C)n1. The van der Waals surface area contributed by atoms with Gasteiger partial charge in [0, 0.05) is 11.5 Å². The van der Waals surface area contributed by atoms with Crippen molar-refractivity contribution in [3.63, 3.8) is 0 Å². The van der Waals surface area contributed by atoms with E-state index in [0.717, 1.165) is 17.8 Å². The fourth-order valence-electron chi connectivity index (χ4n) is 2.38. The van der Waals surface area contributed by atoms with Crippen molar-refractivity contribution in [1.29, 1.82) is 5.26 Å². The minimum Gasteiger partial charge on any atom is -0.307 e. The lowest BCUT2D eigenvalue weighted by Crippen LogP contribution is -2.27. The summed E-state index contributed by atoms with van der Waals surface area (Å²) in [6.07, 6.45) is 0. The van der Waals surface area contributed by atoms with E-state index in [0.29, 0.717) is 5.82 Å². The van der Waals surface area contributed by atoms with E-state index in [-0.39, 0.29) is 11.0 Å². The molecular weight excluding hydrogens is 338 g/mol. The minimum atomic E-state index is -1.09. The van der Waals surface area contributed by atoms with Crippen LogP contribution in [-0.2, 0) is 11.0 Å². The lowest BCUT2D eigenvalue weighted by atomic mass is 9.92. The normalized spacial score (nSPS) is 12.0. The molecule has 0 unspecified atom stereocenters. The van der Waals surface area contributed by atoms with Crippen LogP contribution >= 0.6 is 0 Å². The number of aromatic nitrogens is 2. The van der Waals surface area contributed by atoms with Gasteiger partial charge in [0.15, 0.2) is 0 Å². The zero-order valence-corrected chi connectivity index (χ0v) is 15.7. The second kappa shape index (κ2) is 6.52. The molecule has 0 radical (unpaired) electrons. The highest BCUT2D eigenvalue weighted by Crippen LogP contribution is 2.29. The van der Waals surface area contributed by atoms with E-state index in [1.54, 1.807) is 16.8 Å². The van der Waals surface area contributed by atoms with E-state index < -0.39 is 28.6 Å². The van der Waals surface area contributed by atoms with Gasteiger partial charge in [-0.25, -0.2) is 13.5 Å². The molecule has 2 aromatic rings. The summed E-state index contributed by atoms with van der Waals surface area (Å²) < 4.78 is 29.8. The number of rotatable bonds is 2. The van der Waals surface area contributed by atoms with Crippen LogP contribution in [0.1, 0.15) is 63.2 Å². The highest BCUT2D eigenvalue weighted by molar-refractivity contribution is 6.04. The Hall–Kier alpha value is -2.75. The van der Waals surface area contributed by atoms with Crippen molar-refractivity contribution in [2.75, 3.05) is 5.32 Å². The Kier molecular flexibility index (Phi) is 4.91. The monoisotopic (exact) mass is 360 g/mol. The van der Waals surface area contributed by atoms with E-state index in [2.05, 4.69) is 10.4 Å². The number of carbonyl (C=O) groups is 1. The second-order valence-corrected chi connectivity index (χ2v) is 8.13. The summed E-state index contributed by atoms with van der Waals surface area (Å²) in [5.41, 5.74) is -0.896. The van der Waals surface area contributed by atoms with Crippen molar-refractivity contribution >= 4 is 11.7 Å². The lowest BCUT2D eigenvalue weighted by Gasteiger charge is -2.23. The van der Waals surface area contributed by atoms with Crippen molar-refractivity contribution in [3.05, 3.63) is 46.7 Å². The predicted molar refractivity (Wildman–Crippen MR) is 94.9 cm³/mol. The quantitative estimate of drug-likeness (QED) is 0.866. The van der Waals surface area contributed by atoms with Crippen LogP contribution in [0.3, 0.4) is 0 Å². The predicted octanol–water partition coefficient (Wildman–Crippen LogP) is 4.34. The molecule has 0 fully saturated rings. The van der Waals surface area contributed by atoms with Crippen molar-refractivity contribution in [2.45, 2.75) is 52.5 Å². The molecule has 1 aromatic heterocycles. The van der Waals surface area contributed by atoms with E-state index >= 15 is 0 Å². The van der Waals surface area contributed by atoms with E-state index in [4.69, 9.17) is 5.26 Å². The van der Waals surface area contributed by atoms with Crippen LogP contribution in [0.2, 0.25) is 0 Å². The molecule has 0 spiro atoms. The minimum absolute atomic E-state index is 0.189. The maximum atomic E-state index is 14.1. The van der Waals surface area contributed by atoms with Gasteiger partial charge in [-0.2, -0.15) is 10.4 Å². The molecule has 138 valence electrons. The summed E-state index contributed by atoms with van der Waals surface area (Å²) in [7, 11) is 0. The zero-order chi connectivity index (χ0) is 19.9. The molecular formula is C19H22F2N4O. The van der Waals surface area contributed by atoms with Gasteiger partial charge < -0.3 is 5.32 Å². The molecule has 0 atom stereocenters. The maximum absolute atomic E-state index is 14.1. The molecule has 7 heteroatoms. The number of hydrogen-bond donors (Lipinski definition) is 1. The lowest BCUT2D eigenvalue weighted by molar-refractivity contribution is 0.101. The molecule has 0 bridgehead atoms. The molecule has 1 heterocycles. The number of nitrogens with zero attached hydrogens (tertiary/aromatic N) is 3. The third kappa shape index (κ3) is 3.90. The summed E-state index contributed by atoms with van der Waals surface area (Å²) in [6, 6.07) is 5.01. The summed E-state index contributed by atoms with van der Waals surface area (Å²) in [5.74, 6) is -2.76. The van der Waals surface area contributed by atoms with Gasteiger partial charge in [0.1, 0.15) is 23.0 Å². The van der Waals surface area contributed by atoms with Crippen molar-refractivity contribution < 1.29 is 13.6 Å². The second-order valence-electron chi connectivity index (χ2n) is 8.13. The first kappa shape index (κ1) is 19.6. The van der Waals surface area contributed by atoms with Gasteiger partial charge in [-0.3, -0.25) is 4.79 Å². The Morgan fingerprint density at radius 3 is 2.08 bits per heavy atom. The molecule has 0 saturated heterocycles. The molecule has 2 rings (SSSR count). The number of nitriles is 1. The van der Waals surface area contributed by atoms with E-state index in [1.807, 2.05) is 41.5 Å². The molecule has 26 heavy (non-hydrogen) atoms. The number of carbonyl (C=O) groups excluding carboxylic acids is 1. The van der Waals surface area contributed by atoms with Crippen molar-refractivity contribution in [2.24, 2.45) is 0 Å². The summed E-state index contributed by atoms with van der Waals surface area (Å²) >= 11 is 0. The number of nitrogens with one attached hydrogen (secondary N) is 1. The van der Waals surface area contributed by atoms with E-state index in [1.165, 1.54) is 0 Å². The average molecular weight is 360 g/mol. The molecule has 1 N–H and O–H groups in total. The Morgan fingerprint density at radius 2 is 1.65 bits per heavy atom. The fraction of sp³-hybridized carbons (Fsp3) is 0.421. The number of hydrogen-bond acceptors (Lipinski definition) is 3. The third-order valence-electron chi connectivity index (χ3n) is 3.75. The molecule has 5 nitrogen and oxygen atoms in total. The van der Waals surface area contributed by atoms with Gasteiger partial charge in [-0.15, -0.1) is 0 Å². The molecule has 1 aromatic carbocycles. The maximum Gasteiger partial charge on any atom is 0.262 e. The highest BCUT2D eigenvalue weighted by Gasteiger charge is 2.27. The van der Waals surface area contributed by atoms with Gasteiger partial charge in [0.05, 0.1) is 22.9 Å². The Bertz CT molecular complexity index is 873. The smallest absolute Gasteiger partial charge is 0.262 e. The van der Waals surface area contributed by atoms with Crippen LogP contribution < -0.4 is 5.32 Å². The standard InChI is InChI=1S/C19H22F2N4O/c1-18(2,3)14-9-15(25(24-14)19(4,5)6)23-17(26)16-12(20)7-11(10-22)8-13(16)21/h7-9H,1-6H3,(H,23,26). The fourth-order valence-corrected chi connectivity index (χ4v) is 2.38. The van der Waals surface area contributed by atoms with Gasteiger partial charge in [-0.1, -0.05) is 20.8 Å². The van der Waals surface area contributed by atoms with E-state index in [9.17, 15) is 13.6 Å². The Morgan fingerprint density at radius 1 is 1.12 bits per heavy atom. The van der Waals surface area contributed by atoms with Crippen LogP contribution in [0.15, 0.2) is 18.2 Å². The summed E-state index contributed by atoms with van der Waals surface area (Å²) in [4.78, 5) is 12.5. The Labute approximate surface area is 151 Å². The largest absolute Gasteiger partial charge is 0.307 e. The number of anilines is 1.